The van der Waals surface area contributed by atoms with Crippen molar-refractivity contribution in [1.82, 2.24) is 5.32 Å². The Hall–Kier alpha value is -2.55. The van der Waals surface area contributed by atoms with Gasteiger partial charge in [-0.2, -0.15) is 13.2 Å². The summed E-state index contributed by atoms with van der Waals surface area (Å²) < 4.78 is 61.7. The Bertz CT molecular complexity index is 996. The van der Waals surface area contributed by atoms with Crippen molar-refractivity contribution >= 4 is 21.4 Å². The van der Waals surface area contributed by atoms with Gasteiger partial charge in [-0.25, -0.2) is 8.42 Å². The average molecular weight is 455 g/mol. The van der Waals surface area contributed by atoms with Gasteiger partial charge >= 0.3 is 6.18 Å². The molecule has 2 aromatic carbocycles. The number of hydrogen-bond acceptors (Lipinski definition) is 4. The van der Waals surface area contributed by atoms with E-state index in [2.05, 4.69) is 10.2 Å². The monoisotopic (exact) mass is 454 g/mol. The molecule has 0 unspecified atom stereocenters. The number of anilines is 1. The average Bonchev–Trinajstić information content (AvgIpc) is 2.74. The summed E-state index contributed by atoms with van der Waals surface area (Å²) in [6, 6.07) is 11.4. The largest absolute Gasteiger partial charge is 0.416 e. The minimum Gasteiger partial charge on any atom is -0.371 e. The van der Waals surface area contributed by atoms with E-state index in [4.69, 9.17) is 0 Å². The molecule has 1 N–H and O–H groups in total. The van der Waals surface area contributed by atoms with Gasteiger partial charge in [0.05, 0.1) is 22.6 Å². The molecule has 0 bridgehead atoms. The third kappa shape index (κ3) is 6.00. The van der Waals surface area contributed by atoms with E-state index in [0.717, 1.165) is 30.7 Å². The molecular formula is C22H25F3N2O3S. The number of nitrogens with one attached hydrogen (secondary N) is 1. The van der Waals surface area contributed by atoms with E-state index in [1.54, 1.807) is 31.2 Å². The molecule has 5 nitrogen and oxygen atoms in total. The molecular weight excluding hydrogens is 429 g/mol. The normalized spacial score (nSPS) is 15.7. The molecule has 0 spiro atoms. The summed E-state index contributed by atoms with van der Waals surface area (Å²) in [5, 5.41) is 2.95. The number of benzene rings is 2. The lowest BCUT2D eigenvalue weighted by molar-refractivity contribution is -0.137. The van der Waals surface area contributed by atoms with Crippen molar-refractivity contribution in [3.05, 3.63) is 59.7 Å². The molecule has 0 aliphatic carbocycles. The number of rotatable bonds is 6. The molecule has 1 saturated heterocycles. The molecule has 1 heterocycles. The highest BCUT2D eigenvalue weighted by Gasteiger charge is 2.30. The molecule has 0 aromatic heterocycles. The minimum absolute atomic E-state index is 0.00191. The molecule has 2 aromatic rings. The van der Waals surface area contributed by atoms with Crippen molar-refractivity contribution in [2.75, 3.05) is 23.7 Å². The Labute approximate surface area is 180 Å². The Balaban J connectivity index is 1.49. The second-order valence-corrected chi connectivity index (χ2v) is 9.88. The van der Waals surface area contributed by atoms with Crippen LogP contribution in [0.5, 0.6) is 0 Å². The van der Waals surface area contributed by atoms with Crippen LogP contribution in [0.25, 0.3) is 0 Å². The maximum absolute atomic E-state index is 12.6. The fourth-order valence-electron chi connectivity index (χ4n) is 3.59. The van der Waals surface area contributed by atoms with Gasteiger partial charge in [0.1, 0.15) is 0 Å². The first-order valence-corrected chi connectivity index (χ1v) is 11.8. The summed E-state index contributed by atoms with van der Waals surface area (Å²) in [5.74, 6) is -0.156. The molecule has 0 saturated carbocycles. The van der Waals surface area contributed by atoms with Crippen LogP contribution in [0.2, 0.25) is 0 Å². The molecule has 3 rings (SSSR count). The SMILES string of the molecule is CCS(=O)(=O)c1ccc(N2CCC(NC(=O)Cc3ccc(C(F)(F)F)cc3)CC2)cc1. The third-order valence-electron chi connectivity index (χ3n) is 5.45. The van der Waals surface area contributed by atoms with Crippen molar-refractivity contribution < 1.29 is 26.4 Å². The first-order valence-electron chi connectivity index (χ1n) is 10.1. The highest BCUT2D eigenvalue weighted by Crippen LogP contribution is 2.29. The summed E-state index contributed by atoms with van der Waals surface area (Å²) in [4.78, 5) is 14.7. The fourth-order valence-corrected chi connectivity index (χ4v) is 4.47. The number of carbonyl (C=O) groups excluding carboxylic acids is 1. The summed E-state index contributed by atoms with van der Waals surface area (Å²) >= 11 is 0. The molecule has 1 amide bonds. The molecule has 1 aliphatic rings. The lowest BCUT2D eigenvalue weighted by Crippen LogP contribution is -2.45. The van der Waals surface area contributed by atoms with E-state index in [1.165, 1.54) is 12.1 Å². The molecule has 168 valence electrons. The predicted molar refractivity (Wildman–Crippen MR) is 113 cm³/mol. The Morgan fingerprint density at radius 2 is 1.61 bits per heavy atom. The molecule has 1 fully saturated rings. The van der Waals surface area contributed by atoms with Crippen LogP contribution in [-0.2, 0) is 27.2 Å². The lowest BCUT2D eigenvalue weighted by atomic mass is 10.0. The van der Waals surface area contributed by atoms with Gasteiger partial charge in [-0.05, 0) is 54.8 Å². The molecule has 0 atom stereocenters. The van der Waals surface area contributed by atoms with Gasteiger partial charge in [0.25, 0.3) is 0 Å². The first kappa shape index (κ1) is 23.1. The Kier molecular flexibility index (Phi) is 6.93. The number of piperidine rings is 1. The number of alkyl halides is 3. The van der Waals surface area contributed by atoms with Crippen LogP contribution >= 0.6 is 0 Å². The van der Waals surface area contributed by atoms with Crippen LogP contribution in [0, 0.1) is 0 Å². The second-order valence-electron chi connectivity index (χ2n) is 7.60. The van der Waals surface area contributed by atoms with E-state index in [-0.39, 0.29) is 24.1 Å². The van der Waals surface area contributed by atoms with E-state index >= 15 is 0 Å². The van der Waals surface area contributed by atoms with E-state index < -0.39 is 21.6 Å². The number of halogens is 3. The van der Waals surface area contributed by atoms with Crippen molar-refractivity contribution in [3.63, 3.8) is 0 Å². The highest BCUT2D eigenvalue weighted by atomic mass is 32.2. The molecule has 31 heavy (non-hydrogen) atoms. The number of sulfone groups is 1. The van der Waals surface area contributed by atoms with Gasteiger partial charge in [0, 0.05) is 24.8 Å². The number of carbonyl (C=O) groups is 1. The van der Waals surface area contributed by atoms with E-state index in [0.29, 0.717) is 23.5 Å². The van der Waals surface area contributed by atoms with Crippen LogP contribution in [-0.4, -0.2) is 39.2 Å². The number of amides is 1. The van der Waals surface area contributed by atoms with Gasteiger partial charge in [0.15, 0.2) is 9.84 Å². The van der Waals surface area contributed by atoms with Gasteiger partial charge in [-0.3, -0.25) is 4.79 Å². The topological polar surface area (TPSA) is 66.5 Å². The van der Waals surface area contributed by atoms with Crippen LogP contribution in [0.4, 0.5) is 18.9 Å². The lowest BCUT2D eigenvalue weighted by Gasteiger charge is -2.34. The van der Waals surface area contributed by atoms with E-state index in [9.17, 15) is 26.4 Å². The minimum atomic E-state index is -4.39. The van der Waals surface area contributed by atoms with E-state index in [1.807, 2.05) is 0 Å². The number of hydrogen-bond donors (Lipinski definition) is 1. The van der Waals surface area contributed by atoms with Gasteiger partial charge in [0.2, 0.25) is 5.91 Å². The number of nitrogens with zero attached hydrogens (tertiary/aromatic N) is 1. The third-order valence-corrected chi connectivity index (χ3v) is 7.20. The quantitative estimate of drug-likeness (QED) is 0.721. The van der Waals surface area contributed by atoms with Crippen LogP contribution < -0.4 is 10.2 Å². The van der Waals surface area contributed by atoms with Crippen molar-refractivity contribution in [2.45, 2.75) is 43.3 Å². The smallest absolute Gasteiger partial charge is 0.371 e. The zero-order chi connectivity index (χ0) is 22.6. The van der Waals surface area contributed by atoms with Gasteiger partial charge < -0.3 is 10.2 Å². The second kappa shape index (κ2) is 9.30. The predicted octanol–water partition coefficient (Wildman–Crippen LogP) is 3.83. The van der Waals surface area contributed by atoms with Crippen LogP contribution in [0.1, 0.15) is 30.9 Å². The molecule has 1 aliphatic heterocycles. The zero-order valence-electron chi connectivity index (χ0n) is 17.2. The molecule has 9 heteroatoms. The van der Waals surface area contributed by atoms with Crippen LogP contribution in [0.15, 0.2) is 53.4 Å². The summed E-state index contributed by atoms with van der Waals surface area (Å²) in [6.07, 6.45) is -2.90. The standard InChI is InChI=1S/C22H25F3N2O3S/c1-2-31(29,30)20-9-7-19(8-10-20)27-13-11-18(12-14-27)26-21(28)15-16-3-5-17(6-4-16)22(23,24)25/h3-10,18H,2,11-15H2,1H3,(H,26,28). The van der Waals surface area contributed by atoms with Gasteiger partial charge in [-0.15, -0.1) is 0 Å². The molecule has 0 radical (unpaired) electrons. The fraction of sp³-hybridized carbons (Fsp3) is 0.409. The van der Waals surface area contributed by atoms with Crippen molar-refractivity contribution in [1.29, 1.82) is 0 Å². The Morgan fingerprint density at radius 1 is 1.03 bits per heavy atom. The van der Waals surface area contributed by atoms with Crippen molar-refractivity contribution in [2.24, 2.45) is 0 Å². The maximum atomic E-state index is 12.6. The van der Waals surface area contributed by atoms with Gasteiger partial charge in [-0.1, -0.05) is 19.1 Å². The maximum Gasteiger partial charge on any atom is 0.416 e. The zero-order valence-corrected chi connectivity index (χ0v) is 18.0. The van der Waals surface area contributed by atoms with Crippen LogP contribution in [0.3, 0.4) is 0 Å². The summed E-state index contributed by atoms with van der Waals surface area (Å²) in [6.45, 7) is 3.04. The van der Waals surface area contributed by atoms with Crippen molar-refractivity contribution in [3.8, 4) is 0 Å². The highest BCUT2D eigenvalue weighted by molar-refractivity contribution is 7.91. The summed E-state index contributed by atoms with van der Waals surface area (Å²) in [7, 11) is -3.23. The first-order chi connectivity index (χ1) is 14.6. The summed E-state index contributed by atoms with van der Waals surface area (Å²) in [5.41, 5.74) is 0.735. The Morgan fingerprint density at radius 3 is 2.13 bits per heavy atom.